The number of anilines is 1. The molecule has 0 unspecified atom stereocenters. The number of nitrogens with one attached hydrogen (secondary N) is 1. The van der Waals surface area contributed by atoms with Gasteiger partial charge in [0.1, 0.15) is 5.75 Å². The Morgan fingerprint density at radius 2 is 1.95 bits per heavy atom. The first kappa shape index (κ1) is 14.2. The van der Waals surface area contributed by atoms with Crippen molar-refractivity contribution in [1.82, 2.24) is 4.90 Å². The summed E-state index contributed by atoms with van der Waals surface area (Å²) in [7, 11) is 1.72. The lowest BCUT2D eigenvalue weighted by Crippen LogP contribution is -2.39. The van der Waals surface area contributed by atoms with Crippen molar-refractivity contribution in [2.24, 2.45) is 0 Å². The minimum Gasteiger partial charge on any atom is -0.496 e. The number of hydrogen-bond acceptors (Lipinski definition) is 4. The Kier molecular flexibility index (Phi) is 5.05. The predicted molar refractivity (Wildman–Crippen MR) is 78.2 cm³/mol. The fraction of sp³-hybridized carbons (Fsp3) is 0.600. The third-order valence-electron chi connectivity index (χ3n) is 3.80. The van der Waals surface area contributed by atoms with Crippen LogP contribution in [0.5, 0.6) is 5.75 Å². The van der Waals surface area contributed by atoms with Crippen LogP contribution in [0.15, 0.2) is 12.1 Å². The van der Waals surface area contributed by atoms with Crippen LogP contribution in [0.1, 0.15) is 11.1 Å². The van der Waals surface area contributed by atoms with Gasteiger partial charge in [0, 0.05) is 31.9 Å². The highest BCUT2D eigenvalue weighted by molar-refractivity contribution is 5.58. The van der Waals surface area contributed by atoms with E-state index in [0.717, 1.165) is 45.1 Å². The first-order chi connectivity index (χ1) is 9.22. The van der Waals surface area contributed by atoms with Gasteiger partial charge >= 0.3 is 0 Å². The normalized spacial score (nSPS) is 16.4. The van der Waals surface area contributed by atoms with Crippen molar-refractivity contribution in [3.8, 4) is 5.75 Å². The lowest BCUT2D eigenvalue weighted by molar-refractivity contribution is 0.0398. The average molecular weight is 264 g/mol. The van der Waals surface area contributed by atoms with Gasteiger partial charge in [0.05, 0.1) is 20.3 Å². The van der Waals surface area contributed by atoms with E-state index in [9.17, 15) is 0 Å². The molecular formula is C15H24N2O2. The number of methoxy groups -OCH3 is 1. The molecule has 4 nitrogen and oxygen atoms in total. The van der Waals surface area contributed by atoms with Crippen molar-refractivity contribution in [1.29, 1.82) is 0 Å². The number of morpholine rings is 1. The van der Waals surface area contributed by atoms with Crippen LogP contribution in [0.3, 0.4) is 0 Å². The molecule has 1 fully saturated rings. The van der Waals surface area contributed by atoms with E-state index < -0.39 is 0 Å². The fourth-order valence-electron chi connectivity index (χ4n) is 2.38. The summed E-state index contributed by atoms with van der Waals surface area (Å²) in [5, 5.41) is 3.51. The van der Waals surface area contributed by atoms with Crippen LogP contribution >= 0.6 is 0 Å². The van der Waals surface area contributed by atoms with Gasteiger partial charge in [-0.3, -0.25) is 4.90 Å². The Morgan fingerprint density at radius 1 is 1.21 bits per heavy atom. The second kappa shape index (κ2) is 6.78. The third-order valence-corrected chi connectivity index (χ3v) is 3.80. The van der Waals surface area contributed by atoms with Crippen LogP contribution in [-0.4, -0.2) is 51.4 Å². The van der Waals surface area contributed by atoms with Gasteiger partial charge in [-0.2, -0.15) is 0 Å². The summed E-state index contributed by atoms with van der Waals surface area (Å²) < 4.78 is 10.7. The van der Waals surface area contributed by atoms with E-state index in [1.807, 2.05) is 6.07 Å². The van der Waals surface area contributed by atoms with Gasteiger partial charge in [0.25, 0.3) is 0 Å². The number of ether oxygens (including phenoxy) is 2. The molecule has 0 spiro atoms. The Hall–Kier alpha value is -1.26. The molecule has 1 aromatic rings. The lowest BCUT2D eigenvalue weighted by Gasteiger charge is -2.26. The Morgan fingerprint density at radius 3 is 2.63 bits per heavy atom. The zero-order valence-corrected chi connectivity index (χ0v) is 12.2. The number of nitrogens with zero attached hydrogens (tertiary/aromatic N) is 1. The molecule has 0 aromatic heterocycles. The molecule has 0 radical (unpaired) electrons. The molecule has 1 aliphatic rings. The molecule has 0 saturated carbocycles. The molecule has 0 aliphatic carbocycles. The molecule has 106 valence electrons. The summed E-state index contributed by atoms with van der Waals surface area (Å²) in [5.74, 6) is 0.955. The molecule has 0 bridgehead atoms. The summed E-state index contributed by atoms with van der Waals surface area (Å²) in [5.41, 5.74) is 3.67. The molecular weight excluding hydrogens is 240 g/mol. The maximum Gasteiger partial charge on any atom is 0.122 e. The molecule has 19 heavy (non-hydrogen) atoms. The van der Waals surface area contributed by atoms with E-state index in [2.05, 4.69) is 30.1 Å². The van der Waals surface area contributed by atoms with Gasteiger partial charge in [-0.05, 0) is 37.1 Å². The standard InChI is InChI=1S/C15H24N2O2/c1-12-13(2)15(18-3)5-4-14(12)16-6-7-17-8-10-19-11-9-17/h4-5,16H,6-11H2,1-3H3. The number of benzene rings is 1. The maximum absolute atomic E-state index is 5.35. The van der Waals surface area contributed by atoms with Gasteiger partial charge in [-0.25, -0.2) is 0 Å². The highest BCUT2D eigenvalue weighted by Crippen LogP contribution is 2.26. The molecule has 4 heteroatoms. The van der Waals surface area contributed by atoms with Crippen molar-refractivity contribution < 1.29 is 9.47 Å². The summed E-state index contributed by atoms with van der Waals surface area (Å²) in [4.78, 5) is 2.43. The topological polar surface area (TPSA) is 33.7 Å². The van der Waals surface area contributed by atoms with E-state index in [0.29, 0.717) is 0 Å². The van der Waals surface area contributed by atoms with E-state index in [4.69, 9.17) is 9.47 Å². The van der Waals surface area contributed by atoms with Crippen LogP contribution in [0.4, 0.5) is 5.69 Å². The monoisotopic (exact) mass is 264 g/mol. The lowest BCUT2D eigenvalue weighted by atomic mass is 10.1. The quantitative estimate of drug-likeness (QED) is 0.882. The molecule has 1 saturated heterocycles. The van der Waals surface area contributed by atoms with Crippen molar-refractivity contribution in [2.45, 2.75) is 13.8 Å². The predicted octanol–water partition coefficient (Wildman–Crippen LogP) is 2.06. The molecule has 1 aromatic carbocycles. The highest BCUT2D eigenvalue weighted by atomic mass is 16.5. The minimum absolute atomic E-state index is 0.862. The summed E-state index contributed by atoms with van der Waals surface area (Å²) >= 11 is 0. The van der Waals surface area contributed by atoms with E-state index in [-0.39, 0.29) is 0 Å². The third kappa shape index (κ3) is 3.61. The molecule has 1 aliphatic heterocycles. The highest BCUT2D eigenvalue weighted by Gasteiger charge is 2.10. The second-order valence-corrected chi connectivity index (χ2v) is 4.95. The molecule has 1 N–H and O–H groups in total. The van der Waals surface area contributed by atoms with Gasteiger partial charge in [0.15, 0.2) is 0 Å². The van der Waals surface area contributed by atoms with Crippen LogP contribution < -0.4 is 10.1 Å². The van der Waals surface area contributed by atoms with Gasteiger partial charge in [-0.1, -0.05) is 0 Å². The molecule has 0 atom stereocenters. The molecule has 2 rings (SSSR count). The van der Waals surface area contributed by atoms with Crippen molar-refractivity contribution in [2.75, 3.05) is 51.8 Å². The SMILES string of the molecule is COc1ccc(NCCN2CCOCC2)c(C)c1C. The Bertz CT molecular complexity index is 415. The second-order valence-electron chi connectivity index (χ2n) is 4.95. The van der Waals surface area contributed by atoms with Gasteiger partial charge < -0.3 is 14.8 Å². The summed E-state index contributed by atoms with van der Waals surface area (Å²) in [6, 6.07) is 4.12. The maximum atomic E-state index is 5.35. The Balaban J connectivity index is 1.87. The first-order valence-corrected chi connectivity index (χ1v) is 6.90. The average Bonchev–Trinajstić information content (AvgIpc) is 2.45. The fourth-order valence-corrected chi connectivity index (χ4v) is 2.38. The zero-order chi connectivity index (χ0) is 13.7. The summed E-state index contributed by atoms with van der Waals surface area (Å²) in [6.45, 7) is 10.1. The van der Waals surface area contributed by atoms with Crippen LogP contribution in [-0.2, 0) is 4.74 Å². The largest absolute Gasteiger partial charge is 0.496 e. The number of hydrogen-bond donors (Lipinski definition) is 1. The van der Waals surface area contributed by atoms with Crippen molar-refractivity contribution in [3.63, 3.8) is 0 Å². The van der Waals surface area contributed by atoms with E-state index in [1.54, 1.807) is 7.11 Å². The van der Waals surface area contributed by atoms with Crippen LogP contribution in [0, 0.1) is 13.8 Å². The zero-order valence-electron chi connectivity index (χ0n) is 12.2. The van der Waals surface area contributed by atoms with E-state index in [1.165, 1.54) is 16.8 Å². The molecule has 1 heterocycles. The Labute approximate surface area is 115 Å². The molecule has 0 amide bonds. The van der Waals surface area contributed by atoms with Crippen LogP contribution in [0.2, 0.25) is 0 Å². The van der Waals surface area contributed by atoms with Crippen molar-refractivity contribution >= 4 is 5.69 Å². The van der Waals surface area contributed by atoms with E-state index >= 15 is 0 Å². The first-order valence-electron chi connectivity index (χ1n) is 6.90. The van der Waals surface area contributed by atoms with Crippen molar-refractivity contribution in [3.05, 3.63) is 23.3 Å². The van der Waals surface area contributed by atoms with Gasteiger partial charge in [-0.15, -0.1) is 0 Å². The smallest absolute Gasteiger partial charge is 0.122 e. The minimum atomic E-state index is 0.862. The number of rotatable bonds is 5. The van der Waals surface area contributed by atoms with Crippen LogP contribution in [0.25, 0.3) is 0 Å². The summed E-state index contributed by atoms with van der Waals surface area (Å²) in [6.07, 6.45) is 0. The van der Waals surface area contributed by atoms with Gasteiger partial charge in [0.2, 0.25) is 0 Å².